The first-order valence-electron chi connectivity index (χ1n) is 5.36. The fourth-order valence-corrected chi connectivity index (χ4v) is 1.67. The second kappa shape index (κ2) is 3.93. The summed E-state index contributed by atoms with van der Waals surface area (Å²) in [4.78, 5) is 11.7. The third kappa shape index (κ3) is 2.12. The maximum absolute atomic E-state index is 11.7. The van der Waals surface area contributed by atoms with E-state index in [1.165, 1.54) is 0 Å². The Labute approximate surface area is 88.7 Å². The molecule has 1 N–H and O–H groups in total. The summed E-state index contributed by atoms with van der Waals surface area (Å²) in [6.07, 6.45) is 3.76. The number of fused-ring (bicyclic) bond motifs is 1. The Kier molecular flexibility index (Phi) is 2.62. The molecule has 3 nitrogen and oxygen atoms in total. The Morgan fingerprint density at radius 3 is 3.00 bits per heavy atom. The highest BCUT2D eigenvalue weighted by atomic mass is 16.1. The summed E-state index contributed by atoms with van der Waals surface area (Å²) in [5.41, 5.74) is 1.96. The molecule has 0 atom stereocenters. The summed E-state index contributed by atoms with van der Waals surface area (Å²) in [6.45, 7) is 4.34. The summed E-state index contributed by atoms with van der Waals surface area (Å²) in [5, 5.41) is 2.82. The molecule has 0 aliphatic rings. The Morgan fingerprint density at radius 2 is 2.27 bits per heavy atom. The van der Waals surface area contributed by atoms with E-state index in [2.05, 4.69) is 18.9 Å². The van der Waals surface area contributed by atoms with Crippen LogP contribution in [0.15, 0.2) is 29.2 Å². The molecule has 2 heterocycles. The van der Waals surface area contributed by atoms with Crippen molar-refractivity contribution in [3.63, 3.8) is 0 Å². The van der Waals surface area contributed by atoms with Crippen LogP contribution < -0.4 is 5.56 Å². The first kappa shape index (κ1) is 10.0. The van der Waals surface area contributed by atoms with E-state index in [1.54, 1.807) is 4.52 Å². The van der Waals surface area contributed by atoms with Gasteiger partial charge in [-0.3, -0.25) is 14.4 Å². The number of aromatic amines is 1. The van der Waals surface area contributed by atoms with Gasteiger partial charge in [0.1, 0.15) is 0 Å². The first-order chi connectivity index (χ1) is 7.16. The molecule has 2 rings (SSSR count). The third-order valence-electron chi connectivity index (χ3n) is 2.61. The zero-order chi connectivity index (χ0) is 10.8. The highest BCUT2D eigenvalue weighted by Gasteiger charge is 2.03. The van der Waals surface area contributed by atoms with Crippen LogP contribution in [-0.2, 0) is 6.42 Å². The van der Waals surface area contributed by atoms with E-state index in [0.717, 1.165) is 23.9 Å². The highest BCUT2D eigenvalue weighted by molar-refractivity contribution is 5.47. The van der Waals surface area contributed by atoms with E-state index in [4.69, 9.17) is 0 Å². The van der Waals surface area contributed by atoms with Crippen molar-refractivity contribution in [2.75, 3.05) is 0 Å². The molecule has 0 unspecified atom stereocenters. The summed E-state index contributed by atoms with van der Waals surface area (Å²) in [7, 11) is 0. The van der Waals surface area contributed by atoms with Crippen LogP contribution in [0.3, 0.4) is 0 Å². The molecule has 0 bridgehead atoms. The summed E-state index contributed by atoms with van der Waals surface area (Å²) < 4.78 is 1.75. The van der Waals surface area contributed by atoms with Crippen LogP contribution in [0, 0.1) is 5.92 Å². The molecule has 80 valence electrons. The van der Waals surface area contributed by atoms with E-state index in [9.17, 15) is 4.79 Å². The average molecular weight is 204 g/mol. The molecule has 0 saturated carbocycles. The lowest BCUT2D eigenvalue weighted by Crippen LogP contribution is -2.16. The number of aryl methyl sites for hydroxylation is 1. The van der Waals surface area contributed by atoms with Gasteiger partial charge in [0.05, 0.1) is 5.52 Å². The summed E-state index contributed by atoms with van der Waals surface area (Å²) in [5.74, 6) is 0.632. The minimum Gasteiger partial charge on any atom is -0.268 e. The van der Waals surface area contributed by atoms with Gasteiger partial charge in [-0.25, -0.2) is 0 Å². The Hall–Kier alpha value is -1.51. The first-order valence-corrected chi connectivity index (χ1v) is 5.36. The molecule has 3 heteroatoms. The van der Waals surface area contributed by atoms with Crippen molar-refractivity contribution in [1.29, 1.82) is 0 Å². The molecule has 2 aromatic rings. The van der Waals surface area contributed by atoms with Gasteiger partial charge in [0.15, 0.2) is 0 Å². The summed E-state index contributed by atoms with van der Waals surface area (Å²) in [6, 6.07) is 5.90. The van der Waals surface area contributed by atoms with Gasteiger partial charge >= 0.3 is 0 Å². The van der Waals surface area contributed by atoms with E-state index in [0.29, 0.717) is 5.92 Å². The lowest BCUT2D eigenvalue weighted by molar-refractivity contribution is 0.583. The smallest absolute Gasteiger partial charge is 0.266 e. The molecule has 15 heavy (non-hydrogen) atoms. The molecule has 0 fully saturated rings. The second-order valence-electron chi connectivity index (χ2n) is 4.35. The maximum atomic E-state index is 11.7. The van der Waals surface area contributed by atoms with E-state index in [1.807, 2.05) is 24.4 Å². The van der Waals surface area contributed by atoms with Crippen LogP contribution in [0.2, 0.25) is 0 Å². The standard InChI is InChI=1S/C12H16N2O/c1-9(2)5-6-10-8-11-4-3-7-14(11)13-12(10)15/h3-4,7-9H,5-6H2,1-2H3,(H,13,15). The lowest BCUT2D eigenvalue weighted by atomic mass is 10.0. The van der Waals surface area contributed by atoms with Gasteiger partial charge in [-0.2, -0.15) is 0 Å². The molecule has 0 aromatic carbocycles. The van der Waals surface area contributed by atoms with Gasteiger partial charge in [-0.05, 0) is 37.0 Å². The van der Waals surface area contributed by atoms with Crippen LogP contribution in [0.4, 0.5) is 0 Å². The quantitative estimate of drug-likeness (QED) is 0.817. The predicted octanol–water partition coefficient (Wildman–Crippen LogP) is 2.22. The van der Waals surface area contributed by atoms with Gasteiger partial charge in [-0.1, -0.05) is 13.8 Å². The second-order valence-corrected chi connectivity index (χ2v) is 4.35. The molecule has 0 aliphatic heterocycles. The zero-order valence-electron chi connectivity index (χ0n) is 9.16. The molecule has 0 amide bonds. The summed E-state index contributed by atoms with van der Waals surface area (Å²) >= 11 is 0. The number of rotatable bonds is 3. The third-order valence-corrected chi connectivity index (χ3v) is 2.61. The molecule has 0 spiro atoms. The van der Waals surface area contributed by atoms with Crippen molar-refractivity contribution in [3.8, 4) is 0 Å². The van der Waals surface area contributed by atoms with Gasteiger partial charge < -0.3 is 0 Å². The van der Waals surface area contributed by atoms with Crippen LogP contribution >= 0.6 is 0 Å². The molecule has 0 aliphatic carbocycles. The van der Waals surface area contributed by atoms with Crippen molar-refractivity contribution in [2.45, 2.75) is 26.7 Å². The Balaban J connectivity index is 2.33. The van der Waals surface area contributed by atoms with Crippen LogP contribution in [-0.4, -0.2) is 9.61 Å². The fraction of sp³-hybridized carbons (Fsp3) is 0.417. The zero-order valence-corrected chi connectivity index (χ0v) is 9.16. The predicted molar refractivity (Wildman–Crippen MR) is 61.2 cm³/mol. The monoisotopic (exact) mass is 204 g/mol. The van der Waals surface area contributed by atoms with Crippen molar-refractivity contribution in [3.05, 3.63) is 40.3 Å². The number of hydrogen-bond donors (Lipinski definition) is 1. The van der Waals surface area contributed by atoms with Crippen molar-refractivity contribution in [1.82, 2.24) is 9.61 Å². The number of nitrogens with one attached hydrogen (secondary N) is 1. The van der Waals surface area contributed by atoms with Gasteiger partial charge in [0, 0.05) is 11.8 Å². The van der Waals surface area contributed by atoms with E-state index >= 15 is 0 Å². The minimum absolute atomic E-state index is 0.0272. The normalized spacial score (nSPS) is 11.4. The van der Waals surface area contributed by atoms with Crippen LogP contribution in [0.25, 0.3) is 5.52 Å². The Morgan fingerprint density at radius 1 is 1.47 bits per heavy atom. The van der Waals surface area contributed by atoms with Crippen LogP contribution in [0.1, 0.15) is 25.8 Å². The molecular formula is C12H16N2O. The van der Waals surface area contributed by atoms with Gasteiger partial charge in [0.25, 0.3) is 5.56 Å². The van der Waals surface area contributed by atoms with E-state index in [-0.39, 0.29) is 5.56 Å². The molecule has 0 saturated heterocycles. The number of hydrogen-bond acceptors (Lipinski definition) is 1. The average Bonchev–Trinajstić information content (AvgIpc) is 2.60. The maximum Gasteiger partial charge on any atom is 0.266 e. The lowest BCUT2D eigenvalue weighted by Gasteiger charge is -2.04. The van der Waals surface area contributed by atoms with E-state index < -0.39 is 0 Å². The van der Waals surface area contributed by atoms with Crippen molar-refractivity contribution >= 4 is 5.52 Å². The minimum atomic E-state index is 0.0272. The van der Waals surface area contributed by atoms with Gasteiger partial charge in [0.2, 0.25) is 0 Å². The molecule has 2 aromatic heterocycles. The highest BCUT2D eigenvalue weighted by Crippen LogP contribution is 2.08. The number of nitrogens with zero attached hydrogens (tertiary/aromatic N) is 1. The van der Waals surface area contributed by atoms with Crippen molar-refractivity contribution in [2.24, 2.45) is 5.92 Å². The fourth-order valence-electron chi connectivity index (χ4n) is 1.67. The SMILES string of the molecule is CC(C)CCc1cc2cccn2[nH]c1=O. The van der Waals surface area contributed by atoms with Crippen LogP contribution in [0.5, 0.6) is 0 Å². The van der Waals surface area contributed by atoms with Crippen molar-refractivity contribution < 1.29 is 0 Å². The van der Waals surface area contributed by atoms with Gasteiger partial charge in [-0.15, -0.1) is 0 Å². The molecule has 0 radical (unpaired) electrons. The number of H-pyrrole nitrogens is 1. The Bertz CT molecular complexity index is 508. The topological polar surface area (TPSA) is 37.3 Å². The molecular weight excluding hydrogens is 188 g/mol. The number of aromatic nitrogens is 2. The largest absolute Gasteiger partial charge is 0.268 e.